The zero-order chi connectivity index (χ0) is 27.6. The zero-order valence-electron chi connectivity index (χ0n) is 19.8. The highest BCUT2D eigenvalue weighted by Crippen LogP contribution is 2.54. The van der Waals surface area contributed by atoms with Gasteiger partial charge in [0, 0.05) is 14.8 Å². The minimum absolute atomic E-state index is 0.365. The Morgan fingerprint density at radius 3 is 2.37 bits per heavy atom. The molecule has 198 valence electrons. The van der Waals surface area contributed by atoms with Gasteiger partial charge in [-0.05, 0) is 36.4 Å². The van der Waals surface area contributed by atoms with Crippen LogP contribution in [0.1, 0.15) is 24.3 Å². The van der Waals surface area contributed by atoms with Gasteiger partial charge in [-0.2, -0.15) is 13.2 Å². The number of amides is 3. The van der Waals surface area contributed by atoms with Gasteiger partial charge in [0.15, 0.2) is 0 Å². The van der Waals surface area contributed by atoms with Crippen molar-refractivity contribution in [2.45, 2.75) is 42.3 Å². The number of anilines is 2. The van der Waals surface area contributed by atoms with Gasteiger partial charge in [0.25, 0.3) is 0 Å². The third-order valence-electron chi connectivity index (χ3n) is 6.60. The number of fused-ring (bicyclic) bond motifs is 2. The van der Waals surface area contributed by atoms with Crippen molar-refractivity contribution in [1.82, 2.24) is 4.57 Å². The van der Waals surface area contributed by atoms with Gasteiger partial charge in [0.2, 0.25) is 17.7 Å². The molecule has 2 aromatic carbocycles. The molecule has 13 heteroatoms. The molecule has 2 aliphatic rings. The summed E-state index contributed by atoms with van der Waals surface area (Å²) in [6, 6.07) is 11.3. The zero-order valence-corrected chi connectivity index (χ0v) is 23.1. The first kappa shape index (κ1) is 26.7. The Morgan fingerprint density at radius 2 is 1.71 bits per heavy atom. The fourth-order valence-electron chi connectivity index (χ4n) is 4.78. The molecule has 1 aromatic heterocycles. The minimum atomic E-state index is -4.67. The number of nitrogens with one attached hydrogen (secondary N) is 1. The van der Waals surface area contributed by atoms with Crippen LogP contribution in [0, 0.1) is 5.92 Å². The van der Waals surface area contributed by atoms with E-state index in [9.17, 15) is 32.3 Å². The lowest BCUT2D eigenvalue weighted by atomic mass is 9.76. The molecule has 0 radical (unpaired) electrons. The maximum Gasteiger partial charge on any atom is 0.418 e. The summed E-state index contributed by atoms with van der Waals surface area (Å²) in [6.07, 6.45) is -4.67. The van der Waals surface area contributed by atoms with Crippen LogP contribution in [0.4, 0.5) is 24.5 Å². The highest BCUT2D eigenvalue weighted by molar-refractivity contribution is 9.10. The third-order valence-corrected chi connectivity index (χ3v) is 9.95. The monoisotopic (exact) mass is 625 g/mol. The van der Waals surface area contributed by atoms with Crippen molar-refractivity contribution < 1.29 is 27.6 Å². The predicted octanol–water partition coefficient (Wildman–Crippen LogP) is 5.27. The Hall–Kier alpha value is -2.90. The van der Waals surface area contributed by atoms with Crippen molar-refractivity contribution in [2.75, 3.05) is 10.2 Å². The van der Waals surface area contributed by atoms with Crippen LogP contribution in [0.5, 0.6) is 0 Å². The lowest BCUT2D eigenvalue weighted by molar-refractivity contribution is -0.137. The van der Waals surface area contributed by atoms with Crippen LogP contribution in [0.25, 0.3) is 0 Å². The maximum absolute atomic E-state index is 13.5. The van der Waals surface area contributed by atoms with E-state index in [0.717, 1.165) is 49.2 Å². The SMILES string of the molecule is CC1(C)c2sc(=O)n(CC(=O)Nc3ccccc3C(F)(F)F)c2S[C@@H]2C(=O)N(c3ccc(Br)cc3)C(=O)[C@@H]21. The first-order chi connectivity index (χ1) is 17.8. The summed E-state index contributed by atoms with van der Waals surface area (Å²) in [4.78, 5) is 53.9. The second-order valence-electron chi connectivity index (χ2n) is 9.41. The lowest BCUT2D eigenvalue weighted by Gasteiger charge is -2.36. The van der Waals surface area contributed by atoms with E-state index in [1.54, 1.807) is 38.1 Å². The molecule has 5 rings (SSSR count). The molecule has 0 unspecified atom stereocenters. The normalized spacial score (nSPS) is 20.3. The number of imide groups is 1. The Balaban J connectivity index is 1.46. The Labute approximate surface area is 231 Å². The summed E-state index contributed by atoms with van der Waals surface area (Å²) >= 11 is 5.24. The van der Waals surface area contributed by atoms with E-state index < -0.39 is 57.2 Å². The van der Waals surface area contributed by atoms with Gasteiger partial charge >= 0.3 is 11.0 Å². The minimum Gasteiger partial charge on any atom is -0.324 e. The van der Waals surface area contributed by atoms with E-state index in [4.69, 9.17) is 0 Å². The number of thiazole rings is 1. The maximum atomic E-state index is 13.5. The molecule has 2 atom stereocenters. The van der Waals surface area contributed by atoms with Crippen LogP contribution in [0.2, 0.25) is 0 Å². The summed E-state index contributed by atoms with van der Waals surface area (Å²) in [6.45, 7) is 3.01. The van der Waals surface area contributed by atoms with Crippen molar-refractivity contribution in [3.8, 4) is 0 Å². The largest absolute Gasteiger partial charge is 0.418 e. The van der Waals surface area contributed by atoms with Crippen LogP contribution < -0.4 is 15.1 Å². The molecule has 3 amide bonds. The molecule has 2 aliphatic heterocycles. The molecule has 0 bridgehead atoms. The number of hydrogen-bond donors (Lipinski definition) is 1. The summed E-state index contributed by atoms with van der Waals surface area (Å²) in [5.41, 5.74) is -1.90. The topological polar surface area (TPSA) is 88.5 Å². The van der Waals surface area contributed by atoms with Gasteiger partial charge in [-0.3, -0.25) is 23.7 Å². The van der Waals surface area contributed by atoms with Crippen LogP contribution in [-0.4, -0.2) is 27.5 Å². The quantitative estimate of drug-likeness (QED) is 0.399. The van der Waals surface area contributed by atoms with Crippen LogP contribution >= 0.6 is 39.0 Å². The standard InChI is InChI=1S/C25H19BrF3N3O4S2/c1-24(2)17-18(21(35)32(20(17)34)13-9-7-12(26)8-10-13)37-22-19(24)38-23(36)31(22)11-16(33)30-15-6-4-3-5-14(15)25(27,28)29/h3-10,17-18H,11H2,1-2H3,(H,30,33)/t17-,18+/m1/s1. The number of alkyl halides is 3. The van der Waals surface area contributed by atoms with Crippen molar-refractivity contribution in [3.63, 3.8) is 0 Å². The Bertz CT molecular complexity index is 1530. The van der Waals surface area contributed by atoms with Crippen LogP contribution in [0.15, 0.2) is 62.8 Å². The molecule has 38 heavy (non-hydrogen) atoms. The fraction of sp³-hybridized carbons (Fsp3) is 0.280. The van der Waals surface area contributed by atoms with Crippen molar-refractivity contribution >= 4 is 68.1 Å². The molecule has 7 nitrogen and oxygen atoms in total. The number of carbonyl (C=O) groups is 3. The molecule has 0 saturated carbocycles. The number of halogens is 4. The number of thioether (sulfide) groups is 1. The molecule has 1 fully saturated rings. The molecular formula is C25H19BrF3N3O4S2. The lowest BCUT2D eigenvalue weighted by Crippen LogP contribution is -2.42. The summed E-state index contributed by atoms with van der Waals surface area (Å²) < 4.78 is 42.0. The number of benzene rings is 2. The fourth-order valence-corrected chi connectivity index (χ4v) is 8.09. The number of hydrogen-bond acceptors (Lipinski definition) is 6. The predicted molar refractivity (Wildman–Crippen MR) is 141 cm³/mol. The number of rotatable bonds is 4. The van der Waals surface area contributed by atoms with Gasteiger partial charge in [-0.15, -0.1) is 0 Å². The molecule has 3 heterocycles. The van der Waals surface area contributed by atoms with Gasteiger partial charge in [-0.1, -0.05) is 65.0 Å². The van der Waals surface area contributed by atoms with Crippen LogP contribution in [-0.2, 0) is 32.5 Å². The second kappa shape index (κ2) is 9.38. The van der Waals surface area contributed by atoms with Crippen molar-refractivity contribution in [2.24, 2.45) is 5.92 Å². The van der Waals surface area contributed by atoms with E-state index in [2.05, 4.69) is 21.2 Å². The number of carbonyl (C=O) groups excluding carboxylic acids is 3. The van der Waals surface area contributed by atoms with Crippen LogP contribution in [0.3, 0.4) is 0 Å². The first-order valence-electron chi connectivity index (χ1n) is 11.3. The molecule has 0 spiro atoms. The van der Waals surface area contributed by atoms with E-state index >= 15 is 0 Å². The van der Waals surface area contributed by atoms with Gasteiger partial charge in [0.1, 0.15) is 11.8 Å². The average molecular weight is 626 g/mol. The van der Waals surface area contributed by atoms with Gasteiger partial charge in [-0.25, -0.2) is 4.90 Å². The van der Waals surface area contributed by atoms with Gasteiger partial charge < -0.3 is 5.32 Å². The number of nitrogens with zero attached hydrogens (tertiary/aromatic N) is 2. The summed E-state index contributed by atoms with van der Waals surface area (Å²) in [5.74, 6) is -2.37. The number of para-hydroxylation sites is 1. The van der Waals surface area contributed by atoms with Crippen molar-refractivity contribution in [3.05, 3.63) is 73.1 Å². The average Bonchev–Trinajstić information content (AvgIpc) is 3.28. The molecule has 3 aromatic rings. The molecule has 1 N–H and O–H groups in total. The molecular weight excluding hydrogens is 607 g/mol. The first-order valence-corrected chi connectivity index (χ1v) is 13.8. The molecule has 1 saturated heterocycles. The van der Waals surface area contributed by atoms with E-state index in [0.29, 0.717) is 15.6 Å². The highest BCUT2D eigenvalue weighted by atomic mass is 79.9. The van der Waals surface area contributed by atoms with E-state index in [1.807, 2.05) is 0 Å². The molecule has 0 aliphatic carbocycles. The Morgan fingerprint density at radius 1 is 1.05 bits per heavy atom. The number of aromatic nitrogens is 1. The van der Waals surface area contributed by atoms with E-state index in [-0.39, 0.29) is 5.91 Å². The Kier molecular flexibility index (Phi) is 6.59. The smallest absolute Gasteiger partial charge is 0.324 e. The van der Waals surface area contributed by atoms with E-state index in [1.165, 1.54) is 12.1 Å². The van der Waals surface area contributed by atoms with Crippen molar-refractivity contribution in [1.29, 1.82) is 0 Å². The third kappa shape index (κ3) is 4.39. The second-order valence-corrected chi connectivity index (χ2v) is 12.4. The highest BCUT2D eigenvalue weighted by Gasteiger charge is 2.59. The summed E-state index contributed by atoms with van der Waals surface area (Å²) in [7, 11) is 0. The van der Waals surface area contributed by atoms with Gasteiger partial charge in [0.05, 0.1) is 27.9 Å². The summed E-state index contributed by atoms with van der Waals surface area (Å²) in [5, 5.41) is 1.78.